The minimum atomic E-state index is -4.41. The van der Waals surface area contributed by atoms with Crippen LogP contribution in [0.1, 0.15) is 5.56 Å². The smallest absolute Gasteiger partial charge is 0.374 e. The van der Waals surface area contributed by atoms with Crippen LogP contribution in [0.5, 0.6) is 0 Å². The second-order valence-electron chi connectivity index (χ2n) is 5.93. The Hall–Kier alpha value is -3.10. The minimum absolute atomic E-state index is 0.291. The lowest BCUT2D eigenvalue weighted by molar-refractivity contribution is -0.137. The van der Waals surface area contributed by atoms with Gasteiger partial charge in [-0.05, 0) is 24.3 Å². The van der Waals surface area contributed by atoms with Crippen LogP contribution in [0.2, 0.25) is 0 Å². The number of hydrogen-bond acceptors (Lipinski definition) is 6. The lowest BCUT2D eigenvalue weighted by Crippen LogP contribution is -2.44. The predicted molar refractivity (Wildman–Crippen MR) is 95.7 cm³/mol. The Morgan fingerprint density at radius 1 is 1.07 bits per heavy atom. The number of aldehydes is 1. The molecular formula is C18H18F3N5O. The number of carbonyl (C=O) groups excluding carboxylic acids is 1. The van der Waals surface area contributed by atoms with Gasteiger partial charge in [0.1, 0.15) is 6.29 Å². The van der Waals surface area contributed by atoms with Crippen molar-refractivity contribution in [1.29, 1.82) is 0 Å². The number of aromatic nitrogens is 2. The van der Waals surface area contributed by atoms with Crippen molar-refractivity contribution in [2.75, 3.05) is 36.4 Å². The molecule has 0 saturated carbocycles. The number of hydrogen-bond donors (Lipinski definition) is 1. The Kier molecular flexibility index (Phi) is 5.58. The summed E-state index contributed by atoms with van der Waals surface area (Å²) in [5.41, 5.74) is -0.437. The molecule has 1 aromatic heterocycles. The van der Waals surface area contributed by atoms with Crippen LogP contribution in [0.15, 0.2) is 48.9 Å². The van der Waals surface area contributed by atoms with E-state index in [1.54, 1.807) is 18.5 Å². The molecule has 1 aliphatic rings. The highest BCUT2D eigenvalue weighted by atomic mass is 19.4. The Labute approximate surface area is 154 Å². The van der Waals surface area contributed by atoms with Crippen LogP contribution in [-0.4, -0.2) is 47.3 Å². The number of anilines is 3. The van der Waals surface area contributed by atoms with E-state index < -0.39 is 11.7 Å². The van der Waals surface area contributed by atoms with Crippen LogP contribution in [0.25, 0.3) is 0 Å². The molecular weight excluding hydrogens is 359 g/mol. The van der Waals surface area contributed by atoms with Crippen LogP contribution >= 0.6 is 0 Å². The van der Waals surface area contributed by atoms with Crippen molar-refractivity contribution in [3.05, 3.63) is 54.5 Å². The first-order chi connectivity index (χ1) is 13.0. The van der Waals surface area contributed by atoms with Gasteiger partial charge in [0.25, 0.3) is 0 Å². The number of nitrogens with zero attached hydrogens (tertiary/aromatic N) is 4. The molecule has 9 heteroatoms. The molecule has 2 aromatic rings. The van der Waals surface area contributed by atoms with Crippen molar-refractivity contribution in [2.45, 2.75) is 6.18 Å². The zero-order valence-corrected chi connectivity index (χ0v) is 14.4. The normalized spacial score (nSPS) is 15.2. The molecule has 6 nitrogen and oxygen atoms in total. The summed E-state index contributed by atoms with van der Waals surface area (Å²) in [7, 11) is 0. The molecule has 0 radical (unpaired) electrons. The maximum absolute atomic E-state index is 12.9. The van der Waals surface area contributed by atoms with Gasteiger partial charge < -0.3 is 15.1 Å². The molecule has 1 aromatic carbocycles. The van der Waals surface area contributed by atoms with E-state index in [2.05, 4.69) is 15.3 Å². The number of alkyl halides is 3. The molecule has 0 atom stereocenters. The molecule has 1 N–H and O–H groups in total. The van der Waals surface area contributed by atoms with Crippen molar-refractivity contribution < 1.29 is 18.0 Å². The molecule has 142 valence electrons. The van der Waals surface area contributed by atoms with Gasteiger partial charge in [-0.2, -0.15) is 13.2 Å². The van der Waals surface area contributed by atoms with E-state index in [-0.39, 0.29) is 0 Å². The Bertz CT molecular complexity index is 817. The molecule has 0 unspecified atom stereocenters. The van der Waals surface area contributed by atoms with E-state index in [4.69, 9.17) is 0 Å². The largest absolute Gasteiger partial charge is 0.416 e. The van der Waals surface area contributed by atoms with Gasteiger partial charge in [0.15, 0.2) is 11.6 Å². The summed E-state index contributed by atoms with van der Waals surface area (Å²) in [6.07, 6.45) is 2.54. The molecule has 2 heterocycles. The summed E-state index contributed by atoms with van der Waals surface area (Å²) < 4.78 is 38.7. The van der Waals surface area contributed by atoms with E-state index in [0.717, 1.165) is 18.4 Å². The SMILES string of the molecule is O=CC=CN1CCN(c2nccnc2Nc2cccc(C(F)(F)F)c2)CC1. The van der Waals surface area contributed by atoms with Crippen LogP contribution in [0, 0.1) is 0 Å². The number of benzene rings is 1. The van der Waals surface area contributed by atoms with Crippen molar-refractivity contribution in [1.82, 2.24) is 14.9 Å². The van der Waals surface area contributed by atoms with Crippen molar-refractivity contribution >= 4 is 23.6 Å². The monoisotopic (exact) mass is 377 g/mol. The molecule has 1 aliphatic heterocycles. The Balaban J connectivity index is 1.76. The molecule has 0 spiro atoms. The van der Waals surface area contributed by atoms with Gasteiger partial charge >= 0.3 is 6.18 Å². The van der Waals surface area contributed by atoms with Gasteiger partial charge in [-0.15, -0.1) is 0 Å². The average molecular weight is 377 g/mol. The van der Waals surface area contributed by atoms with Gasteiger partial charge in [0.2, 0.25) is 0 Å². The lowest BCUT2D eigenvalue weighted by Gasteiger charge is -2.35. The van der Waals surface area contributed by atoms with Gasteiger partial charge in [-0.1, -0.05) is 6.07 Å². The van der Waals surface area contributed by atoms with Crippen molar-refractivity contribution in [3.8, 4) is 0 Å². The topological polar surface area (TPSA) is 61.4 Å². The fourth-order valence-corrected chi connectivity index (χ4v) is 2.80. The highest BCUT2D eigenvalue weighted by Crippen LogP contribution is 2.32. The third-order valence-corrected chi connectivity index (χ3v) is 4.12. The number of rotatable bonds is 5. The summed E-state index contributed by atoms with van der Waals surface area (Å²) in [5, 5.41) is 2.94. The summed E-state index contributed by atoms with van der Waals surface area (Å²) in [4.78, 5) is 23.0. The molecule has 3 rings (SSSR count). The summed E-state index contributed by atoms with van der Waals surface area (Å²) in [6, 6.07) is 4.96. The molecule has 27 heavy (non-hydrogen) atoms. The average Bonchev–Trinajstić information content (AvgIpc) is 2.67. The first-order valence-electron chi connectivity index (χ1n) is 8.33. The van der Waals surface area contributed by atoms with Crippen molar-refractivity contribution in [2.24, 2.45) is 0 Å². The molecule has 0 aliphatic carbocycles. The summed E-state index contributed by atoms with van der Waals surface area (Å²) in [5.74, 6) is 0.975. The van der Waals surface area contributed by atoms with Crippen LogP contribution < -0.4 is 10.2 Å². The van der Waals surface area contributed by atoms with Crippen LogP contribution in [0.3, 0.4) is 0 Å². The van der Waals surface area contributed by atoms with E-state index in [1.807, 2.05) is 9.80 Å². The minimum Gasteiger partial charge on any atom is -0.374 e. The van der Waals surface area contributed by atoms with Gasteiger partial charge in [-0.3, -0.25) is 4.79 Å². The third kappa shape index (κ3) is 4.75. The number of halogens is 3. The number of allylic oxidation sites excluding steroid dienone is 1. The maximum atomic E-state index is 12.9. The zero-order chi connectivity index (χ0) is 19.3. The molecule has 0 amide bonds. The fourth-order valence-electron chi connectivity index (χ4n) is 2.80. The van der Waals surface area contributed by atoms with E-state index in [0.29, 0.717) is 43.5 Å². The van der Waals surface area contributed by atoms with Crippen LogP contribution in [-0.2, 0) is 11.0 Å². The number of nitrogens with one attached hydrogen (secondary N) is 1. The van der Waals surface area contributed by atoms with E-state index >= 15 is 0 Å². The van der Waals surface area contributed by atoms with Gasteiger partial charge in [-0.25, -0.2) is 9.97 Å². The van der Waals surface area contributed by atoms with E-state index in [9.17, 15) is 18.0 Å². The fraction of sp³-hybridized carbons (Fsp3) is 0.278. The molecule has 1 fully saturated rings. The maximum Gasteiger partial charge on any atom is 0.416 e. The Morgan fingerprint density at radius 2 is 1.81 bits per heavy atom. The van der Waals surface area contributed by atoms with Crippen LogP contribution in [0.4, 0.5) is 30.5 Å². The highest BCUT2D eigenvalue weighted by molar-refractivity contribution is 5.68. The summed E-state index contributed by atoms with van der Waals surface area (Å²) >= 11 is 0. The second kappa shape index (κ2) is 8.07. The standard InChI is InChI=1S/C18H18F3N5O/c19-18(20,21)14-3-1-4-15(13-14)24-16-17(23-6-5-22-16)26-10-8-25(9-11-26)7-2-12-27/h1-7,12-13H,8-11H2,(H,22,24). The lowest BCUT2D eigenvalue weighted by atomic mass is 10.2. The number of piperazine rings is 1. The molecule has 0 bridgehead atoms. The van der Waals surface area contributed by atoms with Crippen molar-refractivity contribution in [3.63, 3.8) is 0 Å². The number of carbonyl (C=O) groups is 1. The van der Waals surface area contributed by atoms with Gasteiger partial charge in [0.05, 0.1) is 5.56 Å². The third-order valence-electron chi connectivity index (χ3n) is 4.12. The first-order valence-corrected chi connectivity index (χ1v) is 8.33. The molecule has 1 saturated heterocycles. The van der Waals surface area contributed by atoms with E-state index in [1.165, 1.54) is 18.3 Å². The Morgan fingerprint density at radius 3 is 2.52 bits per heavy atom. The summed E-state index contributed by atoms with van der Waals surface area (Å²) in [6.45, 7) is 2.70. The quantitative estimate of drug-likeness (QED) is 0.638. The highest BCUT2D eigenvalue weighted by Gasteiger charge is 2.30. The predicted octanol–water partition coefficient (Wildman–Crippen LogP) is 3.07. The second-order valence-corrected chi connectivity index (χ2v) is 5.93. The first kappa shape index (κ1) is 18.7. The van der Waals surface area contributed by atoms with Gasteiger partial charge in [0, 0.05) is 50.5 Å². The zero-order valence-electron chi connectivity index (χ0n) is 14.4.